The Labute approximate surface area is 89.2 Å². The first-order valence-electron chi connectivity index (χ1n) is 4.83. The van der Waals surface area contributed by atoms with Crippen LogP contribution in [0.3, 0.4) is 0 Å². The minimum atomic E-state index is -3.20. The van der Waals surface area contributed by atoms with Crippen LogP contribution in [0.2, 0.25) is 0 Å². The summed E-state index contributed by atoms with van der Waals surface area (Å²) >= 11 is -3.20. The van der Waals surface area contributed by atoms with E-state index in [1.165, 1.54) is 0 Å². The van der Waals surface area contributed by atoms with E-state index in [9.17, 15) is 8.54 Å². The summed E-state index contributed by atoms with van der Waals surface area (Å²) in [4.78, 5) is 2.27. The fourth-order valence-corrected chi connectivity index (χ4v) is 7.15. The molecule has 2 unspecified atom stereocenters. The molecule has 0 amide bonds. The fraction of sp³-hybridized carbons (Fsp3) is 0.875. The quantitative estimate of drug-likeness (QED) is 0.465. The molecule has 2 bridgehead atoms. The van der Waals surface area contributed by atoms with Crippen LogP contribution in [0.5, 0.6) is 0 Å². The van der Waals surface area contributed by atoms with Crippen molar-refractivity contribution in [3.63, 3.8) is 0 Å². The molecular weight excluding hydrogens is 297 g/mol. The summed E-state index contributed by atoms with van der Waals surface area (Å²) in [5.41, 5.74) is 0. The Hall–Kier alpha value is 0.400. The number of likely N-dealkylation sites (N-methyl/N-ethyl adjacent to an activating group) is 1. The Bertz CT molecular complexity index is 251. The van der Waals surface area contributed by atoms with Crippen LogP contribution in [-0.2, 0) is 0 Å². The second kappa shape index (κ2) is 4.11. The van der Waals surface area contributed by atoms with E-state index in [1.807, 2.05) is 0 Å². The van der Waals surface area contributed by atoms with Gasteiger partial charge in [0.2, 0.25) is 0 Å². The van der Waals surface area contributed by atoms with Gasteiger partial charge in [0.15, 0.2) is 0 Å². The number of fused-ring (bicyclic) bond motifs is 2. The van der Waals surface area contributed by atoms with Gasteiger partial charge in [0, 0.05) is 0 Å². The molecule has 0 aromatic heterocycles. The molecule has 0 saturated carbocycles. The van der Waals surface area contributed by atoms with Crippen LogP contribution in [0.15, 0.2) is 0 Å². The van der Waals surface area contributed by atoms with E-state index in [0.29, 0.717) is 0 Å². The number of hydrogen-bond donors (Lipinski definition) is 2. The number of aliphatic hydroxyl groups excluding tert-OH is 1. The van der Waals surface area contributed by atoms with E-state index < -0.39 is 18.9 Å². The third-order valence-corrected chi connectivity index (χ3v) is 9.56. The average Bonchev–Trinajstić information content (AvgIpc) is 2.53. The molecule has 2 saturated heterocycles. The van der Waals surface area contributed by atoms with E-state index in [1.54, 1.807) is 0 Å². The number of halogens is 1. The van der Waals surface area contributed by atoms with Crippen LogP contribution in [0.1, 0.15) is 0 Å². The van der Waals surface area contributed by atoms with Crippen molar-refractivity contribution in [2.45, 2.75) is 0 Å². The summed E-state index contributed by atoms with van der Waals surface area (Å²) < 4.78 is 15.6. The van der Waals surface area contributed by atoms with Crippen LogP contribution in [-0.4, -0.2) is 70.2 Å². The molecule has 2 heterocycles. The van der Waals surface area contributed by atoms with Gasteiger partial charge in [-0.15, -0.1) is 0 Å². The second-order valence-corrected chi connectivity index (χ2v) is 9.99. The first kappa shape index (κ1) is 10.9. The molecule has 2 rings (SSSR count). The SMILES string of the molecule is CN1CCN2CCN(CC1)I2(O)=CO. The third-order valence-electron chi connectivity index (χ3n) is 2.87. The predicted molar refractivity (Wildman–Crippen MR) is 64.9 cm³/mol. The molecule has 2 N–H and O–H groups in total. The van der Waals surface area contributed by atoms with Gasteiger partial charge in [-0.05, 0) is 0 Å². The number of aliphatic hydroxyl groups is 1. The number of nitrogens with zero attached hydrogens (tertiary/aromatic N) is 3. The van der Waals surface area contributed by atoms with Crippen LogP contribution < -0.4 is 0 Å². The van der Waals surface area contributed by atoms with Crippen LogP contribution in [0.4, 0.5) is 0 Å². The fourth-order valence-electron chi connectivity index (χ4n) is 1.88. The van der Waals surface area contributed by atoms with Crippen molar-refractivity contribution in [1.29, 1.82) is 0 Å². The Morgan fingerprint density at radius 3 is 1.86 bits per heavy atom. The molecule has 84 valence electrons. The minimum absolute atomic E-state index is 0.872. The van der Waals surface area contributed by atoms with Crippen molar-refractivity contribution in [2.24, 2.45) is 0 Å². The summed E-state index contributed by atoms with van der Waals surface area (Å²) in [5, 5.41) is 9.22. The molecule has 2 atom stereocenters. The molecule has 0 aromatic rings. The Morgan fingerprint density at radius 2 is 1.43 bits per heavy atom. The topological polar surface area (TPSA) is 50.2 Å². The number of hydrogen-bond acceptors (Lipinski definition) is 5. The predicted octanol–water partition coefficient (Wildman–Crippen LogP) is -0.539. The summed E-state index contributed by atoms with van der Waals surface area (Å²) in [6, 6.07) is 0. The molecule has 14 heavy (non-hydrogen) atoms. The van der Waals surface area contributed by atoms with Crippen molar-refractivity contribution in [1.82, 2.24) is 11.1 Å². The third kappa shape index (κ3) is 1.74. The molecule has 5 nitrogen and oxygen atoms in total. The van der Waals surface area contributed by atoms with Gasteiger partial charge in [0.05, 0.1) is 0 Å². The maximum atomic E-state index is 10.4. The molecule has 0 spiro atoms. The van der Waals surface area contributed by atoms with Gasteiger partial charge < -0.3 is 0 Å². The van der Waals surface area contributed by atoms with Crippen molar-refractivity contribution >= 4 is 23.1 Å². The molecule has 2 fully saturated rings. The number of rotatable bonds is 0. The zero-order valence-corrected chi connectivity index (χ0v) is 10.6. The van der Waals surface area contributed by atoms with E-state index >= 15 is 0 Å². The van der Waals surface area contributed by atoms with Gasteiger partial charge in [0.25, 0.3) is 0 Å². The van der Waals surface area contributed by atoms with Crippen molar-refractivity contribution < 1.29 is 8.54 Å². The molecule has 0 aromatic carbocycles. The molecule has 2 aliphatic rings. The average molecular weight is 315 g/mol. The van der Waals surface area contributed by atoms with Gasteiger partial charge in [-0.1, -0.05) is 0 Å². The summed E-state index contributed by atoms with van der Waals surface area (Å²) in [7, 11) is 2.10. The van der Waals surface area contributed by atoms with Crippen LogP contribution in [0, 0.1) is 0 Å². The second-order valence-electron chi connectivity index (χ2n) is 3.74. The molecule has 6 heteroatoms. The maximum absolute atomic E-state index is 10.4. The first-order chi connectivity index (χ1) is 6.66. The Morgan fingerprint density at radius 1 is 1.00 bits per heavy atom. The Kier molecular flexibility index (Phi) is 3.20. The first-order valence-corrected chi connectivity index (χ1v) is 8.97. The van der Waals surface area contributed by atoms with E-state index in [0.717, 1.165) is 43.5 Å². The molecule has 0 aliphatic carbocycles. The van der Waals surface area contributed by atoms with Gasteiger partial charge >= 0.3 is 89.1 Å². The summed E-state index contributed by atoms with van der Waals surface area (Å²) in [6.45, 7) is 5.51. The standard InChI is InChI=1S/C8H18IN3O2/c1-10-2-4-11-6-7-12(5-3-10)9(11,14)8-13/h8,13-14H,2-7H2,1H3. The van der Waals surface area contributed by atoms with Crippen molar-refractivity contribution in [3.8, 4) is 0 Å². The van der Waals surface area contributed by atoms with E-state index in [4.69, 9.17) is 0 Å². The van der Waals surface area contributed by atoms with Crippen molar-refractivity contribution in [3.05, 3.63) is 0 Å². The van der Waals surface area contributed by atoms with Gasteiger partial charge in [-0.2, -0.15) is 0 Å². The van der Waals surface area contributed by atoms with Gasteiger partial charge in [-0.3, -0.25) is 0 Å². The summed E-state index contributed by atoms with van der Waals surface area (Å²) in [6.07, 6.45) is 0. The van der Waals surface area contributed by atoms with Crippen molar-refractivity contribution in [2.75, 3.05) is 46.3 Å². The molecular formula is C8H18IN3O2. The monoisotopic (exact) mass is 315 g/mol. The van der Waals surface area contributed by atoms with Gasteiger partial charge in [0.1, 0.15) is 0 Å². The Balaban J connectivity index is 2.22. The van der Waals surface area contributed by atoms with Gasteiger partial charge in [-0.25, -0.2) is 0 Å². The molecule has 2 aliphatic heterocycles. The summed E-state index contributed by atoms with van der Waals surface area (Å²) in [5.74, 6) is 0. The normalized spacial score (nSPS) is 49.1. The van der Waals surface area contributed by atoms with Crippen LogP contribution >= 0.6 is 18.9 Å². The van der Waals surface area contributed by atoms with E-state index in [-0.39, 0.29) is 0 Å². The zero-order valence-electron chi connectivity index (χ0n) is 8.43. The molecule has 0 radical (unpaired) electrons. The van der Waals surface area contributed by atoms with E-state index in [2.05, 4.69) is 18.2 Å². The van der Waals surface area contributed by atoms with Crippen LogP contribution in [0.25, 0.3) is 0 Å². The zero-order chi connectivity index (χ0) is 10.2.